The van der Waals surface area contributed by atoms with Crippen LogP contribution in [0.3, 0.4) is 0 Å². The standard InChI is InChI=1S/C15H13N3S/c1-10-4-6-11(7-5-10)13-9-19-15(18-13)12-3-2-8-17-14(12)16/h2-9H,1H3,(H2,16,17). The third kappa shape index (κ3) is 2.35. The molecule has 0 atom stereocenters. The summed E-state index contributed by atoms with van der Waals surface area (Å²) in [4.78, 5) is 8.73. The van der Waals surface area contributed by atoms with E-state index in [4.69, 9.17) is 5.73 Å². The van der Waals surface area contributed by atoms with Gasteiger partial charge >= 0.3 is 0 Å². The van der Waals surface area contributed by atoms with Crippen LogP contribution in [0.25, 0.3) is 21.8 Å². The fourth-order valence-electron chi connectivity index (χ4n) is 1.85. The number of nitrogen functional groups attached to an aromatic ring is 1. The second-order valence-corrected chi connectivity index (χ2v) is 5.20. The summed E-state index contributed by atoms with van der Waals surface area (Å²) in [5, 5.41) is 2.95. The van der Waals surface area contributed by atoms with Crippen molar-refractivity contribution in [3.63, 3.8) is 0 Å². The summed E-state index contributed by atoms with van der Waals surface area (Å²) in [6.45, 7) is 2.08. The molecule has 1 aromatic carbocycles. The van der Waals surface area contributed by atoms with E-state index in [1.807, 2.05) is 17.5 Å². The molecule has 2 heterocycles. The fraction of sp³-hybridized carbons (Fsp3) is 0.0667. The Morgan fingerprint density at radius 2 is 1.89 bits per heavy atom. The highest BCUT2D eigenvalue weighted by Gasteiger charge is 2.09. The Kier molecular flexibility index (Phi) is 3.01. The van der Waals surface area contributed by atoms with Crippen LogP contribution in [-0.4, -0.2) is 9.97 Å². The molecule has 0 amide bonds. The van der Waals surface area contributed by atoms with E-state index in [2.05, 4.69) is 41.2 Å². The third-order valence-electron chi connectivity index (χ3n) is 2.92. The maximum absolute atomic E-state index is 5.88. The van der Waals surface area contributed by atoms with Crippen LogP contribution in [0.1, 0.15) is 5.56 Å². The summed E-state index contributed by atoms with van der Waals surface area (Å²) in [7, 11) is 0. The molecule has 0 unspecified atom stereocenters. The zero-order chi connectivity index (χ0) is 13.2. The van der Waals surface area contributed by atoms with Crippen LogP contribution in [0.2, 0.25) is 0 Å². The van der Waals surface area contributed by atoms with Gasteiger partial charge in [-0.3, -0.25) is 0 Å². The van der Waals surface area contributed by atoms with E-state index in [0.717, 1.165) is 21.8 Å². The van der Waals surface area contributed by atoms with Crippen molar-refractivity contribution in [2.75, 3.05) is 5.73 Å². The van der Waals surface area contributed by atoms with E-state index >= 15 is 0 Å². The Morgan fingerprint density at radius 1 is 1.11 bits per heavy atom. The highest BCUT2D eigenvalue weighted by molar-refractivity contribution is 7.13. The molecule has 4 heteroatoms. The number of hydrogen-bond acceptors (Lipinski definition) is 4. The fourth-order valence-corrected chi connectivity index (χ4v) is 2.72. The molecule has 0 radical (unpaired) electrons. The molecular formula is C15H13N3S. The summed E-state index contributed by atoms with van der Waals surface area (Å²) in [6.07, 6.45) is 1.69. The molecule has 2 N–H and O–H groups in total. The lowest BCUT2D eigenvalue weighted by atomic mass is 10.1. The van der Waals surface area contributed by atoms with Crippen LogP contribution in [0.15, 0.2) is 48.0 Å². The van der Waals surface area contributed by atoms with Crippen molar-refractivity contribution < 1.29 is 0 Å². The van der Waals surface area contributed by atoms with Gasteiger partial charge in [-0.15, -0.1) is 11.3 Å². The van der Waals surface area contributed by atoms with Crippen molar-refractivity contribution in [3.05, 3.63) is 53.5 Å². The van der Waals surface area contributed by atoms with Crippen molar-refractivity contribution in [1.29, 1.82) is 0 Å². The minimum Gasteiger partial charge on any atom is -0.383 e. The minimum atomic E-state index is 0.521. The number of nitrogens with zero attached hydrogens (tertiary/aromatic N) is 2. The maximum atomic E-state index is 5.88. The molecule has 19 heavy (non-hydrogen) atoms. The number of aromatic nitrogens is 2. The molecule has 0 spiro atoms. The van der Waals surface area contributed by atoms with Gasteiger partial charge in [0, 0.05) is 17.1 Å². The molecule has 0 aliphatic heterocycles. The number of rotatable bonds is 2. The number of thiazole rings is 1. The Balaban J connectivity index is 2.00. The second kappa shape index (κ2) is 4.82. The predicted octanol–water partition coefficient (Wildman–Crippen LogP) is 3.76. The van der Waals surface area contributed by atoms with Crippen molar-refractivity contribution in [2.45, 2.75) is 6.92 Å². The lowest BCUT2D eigenvalue weighted by molar-refractivity contribution is 1.32. The molecule has 3 aromatic rings. The summed E-state index contributed by atoms with van der Waals surface area (Å²) >= 11 is 1.58. The number of aryl methyl sites for hydroxylation is 1. The van der Waals surface area contributed by atoms with Crippen molar-refractivity contribution in [2.24, 2.45) is 0 Å². The number of nitrogens with two attached hydrogens (primary N) is 1. The molecule has 3 nitrogen and oxygen atoms in total. The van der Waals surface area contributed by atoms with Gasteiger partial charge in [0.05, 0.1) is 11.3 Å². The third-order valence-corrected chi connectivity index (χ3v) is 3.80. The highest BCUT2D eigenvalue weighted by atomic mass is 32.1. The first-order valence-electron chi connectivity index (χ1n) is 5.97. The summed E-state index contributed by atoms with van der Waals surface area (Å²) in [5.74, 6) is 0.521. The number of anilines is 1. The maximum Gasteiger partial charge on any atom is 0.133 e. The molecule has 0 saturated heterocycles. The Labute approximate surface area is 115 Å². The van der Waals surface area contributed by atoms with E-state index in [1.165, 1.54) is 5.56 Å². The molecule has 2 aromatic heterocycles. The van der Waals surface area contributed by atoms with Gasteiger partial charge in [-0.05, 0) is 19.1 Å². The van der Waals surface area contributed by atoms with Crippen molar-refractivity contribution in [1.82, 2.24) is 9.97 Å². The largest absolute Gasteiger partial charge is 0.383 e. The monoisotopic (exact) mass is 267 g/mol. The quantitative estimate of drug-likeness (QED) is 0.769. The normalized spacial score (nSPS) is 10.6. The van der Waals surface area contributed by atoms with Gasteiger partial charge in [0.1, 0.15) is 10.8 Å². The smallest absolute Gasteiger partial charge is 0.133 e. The van der Waals surface area contributed by atoms with Gasteiger partial charge in [-0.1, -0.05) is 29.8 Å². The van der Waals surface area contributed by atoms with Crippen molar-refractivity contribution in [3.8, 4) is 21.8 Å². The van der Waals surface area contributed by atoms with Crippen LogP contribution in [0.5, 0.6) is 0 Å². The minimum absolute atomic E-state index is 0.521. The lowest BCUT2D eigenvalue weighted by Crippen LogP contribution is -1.92. The summed E-state index contributed by atoms with van der Waals surface area (Å²) in [6, 6.07) is 12.2. The van der Waals surface area contributed by atoms with Crippen LogP contribution in [0.4, 0.5) is 5.82 Å². The molecule has 0 saturated carbocycles. The van der Waals surface area contributed by atoms with Crippen LogP contribution < -0.4 is 5.73 Å². The first-order chi connectivity index (χ1) is 9.24. The zero-order valence-electron chi connectivity index (χ0n) is 10.5. The first-order valence-corrected chi connectivity index (χ1v) is 6.85. The van der Waals surface area contributed by atoms with Crippen LogP contribution in [-0.2, 0) is 0 Å². The topological polar surface area (TPSA) is 51.8 Å². The van der Waals surface area contributed by atoms with Crippen LogP contribution in [0, 0.1) is 6.92 Å². The average molecular weight is 267 g/mol. The van der Waals surface area contributed by atoms with Crippen molar-refractivity contribution >= 4 is 17.2 Å². The average Bonchev–Trinajstić information content (AvgIpc) is 2.89. The number of pyridine rings is 1. The lowest BCUT2D eigenvalue weighted by Gasteiger charge is -2.00. The van der Waals surface area contributed by atoms with E-state index in [-0.39, 0.29) is 0 Å². The summed E-state index contributed by atoms with van der Waals surface area (Å²) < 4.78 is 0. The Bertz CT molecular complexity index is 701. The van der Waals surface area contributed by atoms with Gasteiger partial charge in [0.25, 0.3) is 0 Å². The van der Waals surface area contributed by atoms with E-state index in [0.29, 0.717) is 5.82 Å². The van der Waals surface area contributed by atoms with Gasteiger partial charge in [-0.25, -0.2) is 9.97 Å². The SMILES string of the molecule is Cc1ccc(-c2csc(-c3cccnc3N)n2)cc1. The molecular weight excluding hydrogens is 254 g/mol. The zero-order valence-corrected chi connectivity index (χ0v) is 11.3. The predicted molar refractivity (Wildman–Crippen MR) is 79.9 cm³/mol. The number of benzene rings is 1. The van der Waals surface area contributed by atoms with Gasteiger partial charge < -0.3 is 5.73 Å². The van der Waals surface area contributed by atoms with E-state index in [9.17, 15) is 0 Å². The first kappa shape index (κ1) is 11.9. The second-order valence-electron chi connectivity index (χ2n) is 4.34. The molecule has 0 aliphatic carbocycles. The molecule has 0 fully saturated rings. The molecule has 0 aliphatic rings. The van der Waals surface area contributed by atoms with Gasteiger partial charge in [0.2, 0.25) is 0 Å². The Morgan fingerprint density at radius 3 is 2.63 bits per heavy atom. The summed E-state index contributed by atoms with van der Waals surface area (Å²) in [5.41, 5.74) is 10.1. The highest BCUT2D eigenvalue weighted by Crippen LogP contribution is 2.31. The number of hydrogen-bond donors (Lipinski definition) is 1. The van der Waals surface area contributed by atoms with Gasteiger partial charge in [-0.2, -0.15) is 0 Å². The molecule has 0 bridgehead atoms. The molecule has 94 valence electrons. The Hall–Kier alpha value is -2.20. The van der Waals surface area contributed by atoms with Crippen LogP contribution >= 0.6 is 11.3 Å². The van der Waals surface area contributed by atoms with E-state index in [1.54, 1.807) is 17.5 Å². The van der Waals surface area contributed by atoms with E-state index < -0.39 is 0 Å². The molecule has 3 rings (SSSR count). The van der Waals surface area contributed by atoms with Gasteiger partial charge in [0.15, 0.2) is 0 Å².